The smallest absolute Gasteiger partial charge is 0.162 e. The molecule has 1 atom stereocenters. The number of allylic oxidation sites excluding steroid dienone is 1. The van der Waals surface area contributed by atoms with Crippen molar-refractivity contribution in [1.82, 2.24) is 0 Å². The minimum atomic E-state index is 0.331. The largest absolute Gasteiger partial charge is 0.294 e. The van der Waals surface area contributed by atoms with E-state index in [9.17, 15) is 4.79 Å². The minimum Gasteiger partial charge on any atom is -0.294 e. The van der Waals surface area contributed by atoms with Crippen molar-refractivity contribution in [2.45, 2.75) is 45.4 Å². The quantitative estimate of drug-likeness (QED) is 0.708. The van der Waals surface area contributed by atoms with E-state index in [0.717, 1.165) is 18.4 Å². The Labute approximate surface area is 115 Å². The number of carbonyl (C=O) groups excluding carboxylic acids is 1. The second-order valence-electron chi connectivity index (χ2n) is 6.08. The van der Waals surface area contributed by atoms with Crippen molar-refractivity contribution in [3.8, 4) is 0 Å². The standard InChI is InChI=1S/C18H22O/c1-13-6-2-3-9-15(13)12-16-10-11-17(18(16)19)14-7-4-5-8-14/h2-3,6,9,12,14,17H,4-5,7-8,10-11H2,1H3/b16-12+/t17-/m1/s1. The van der Waals surface area contributed by atoms with Gasteiger partial charge in [-0.1, -0.05) is 37.1 Å². The van der Waals surface area contributed by atoms with Gasteiger partial charge in [0, 0.05) is 5.92 Å². The molecule has 2 saturated carbocycles. The topological polar surface area (TPSA) is 17.1 Å². The predicted molar refractivity (Wildman–Crippen MR) is 78.8 cm³/mol. The minimum absolute atomic E-state index is 0.331. The lowest BCUT2D eigenvalue weighted by Gasteiger charge is -2.15. The maximum Gasteiger partial charge on any atom is 0.162 e. The molecule has 1 aromatic rings. The van der Waals surface area contributed by atoms with Gasteiger partial charge in [0.25, 0.3) is 0 Å². The van der Waals surface area contributed by atoms with Crippen LogP contribution in [-0.2, 0) is 4.79 Å². The first kappa shape index (κ1) is 12.7. The van der Waals surface area contributed by atoms with Crippen LogP contribution < -0.4 is 0 Å². The summed E-state index contributed by atoms with van der Waals surface area (Å²) in [6, 6.07) is 8.32. The number of Topliss-reactive ketones (excluding diaryl/α,β-unsaturated/α-hetero) is 1. The van der Waals surface area contributed by atoms with E-state index in [1.54, 1.807) is 0 Å². The third-order valence-corrected chi connectivity index (χ3v) is 4.86. The zero-order chi connectivity index (χ0) is 13.2. The molecular weight excluding hydrogens is 232 g/mol. The van der Waals surface area contributed by atoms with Crippen LogP contribution in [0.5, 0.6) is 0 Å². The molecule has 0 radical (unpaired) electrons. The Morgan fingerprint density at radius 2 is 1.84 bits per heavy atom. The highest BCUT2D eigenvalue weighted by molar-refractivity contribution is 6.03. The fourth-order valence-corrected chi connectivity index (χ4v) is 3.69. The Kier molecular flexibility index (Phi) is 3.54. The molecule has 0 amide bonds. The molecule has 1 aromatic carbocycles. The van der Waals surface area contributed by atoms with Gasteiger partial charge in [0.15, 0.2) is 5.78 Å². The molecular formula is C18H22O. The fourth-order valence-electron chi connectivity index (χ4n) is 3.69. The maximum atomic E-state index is 12.5. The van der Waals surface area contributed by atoms with Crippen LogP contribution in [0, 0.1) is 18.8 Å². The lowest BCUT2D eigenvalue weighted by Crippen LogP contribution is -2.16. The van der Waals surface area contributed by atoms with Crippen LogP contribution in [0.4, 0.5) is 0 Å². The Bertz CT molecular complexity index is 506. The first-order valence-electron chi connectivity index (χ1n) is 7.56. The second kappa shape index (κ2) is 5.32. The van der Waals surface area contributed by atoms with Crippen LogP contribution in [0.1, 0.15) is 49.7 Å². The summed E-state index contributed by atoms with van der Waals surface area (Å²) >= 11 is 0. The van der Waals surface area contributed by atoms with E-state index in [2.05, 4.69) is 31.2 Å². The molecule has 19 heavy (non-hydrogen) atoms. The van der Waals surface area contributed by atoms with Gasteiger partial charge in [0.1, 0.15) is 0 Å². The number of benzene rings is 1. The van der Waals surface area contributed by atoms with Gasteiger partial charge in [-0.05, 0) is 61.3 Å². The summed E-state index contributed by atoms with van der Waals surface area (Å²) in [6.45, 7) is 2.11. The van der Waals surface area contributed by atoms with E-state index in [1.165, 1.54) is 36.8 Å². The van der Waals surface area contributed by atoms with Crippen molar-refractivity contribution in [3.63, 3.8) is 0 Å². The van der Waals surface area contributed by atoms with Crippen LogP contribution in [-0.4, -0.2) is 5.78 Å². The van der Waals surface area contributed by atoms with Crippen molar-refractivity contribution < 1.29 is 4.79 Å². The summed E-state index contributed by atoms with van der Waals surface area (Å²) < 4.78 is 0. The number of rotatable bonds is 2. The predicted octanol–water partition coefficient (Wildman–Crippen LogP) is 4.55. The highest BCUT2D eigenvalue weighted by Gasteiger charge is 2.36. The lowest BCUT2D eigenvalue weighted by molar-refractivity contribution is -0.119. The van der Waals surface area contributed by atoms with Crippen LogP contribution in [0.3, 0.4) is 0 Å². The third kappa shape index (κ3) is 2.51. The molecule has 1 nitrogen and oxygen atoms in total. The normalized spacial score (nSPS) is 26.5. The van der Waals surface area contributed by atoms with Crippen molar-refractivity contribution in [2.24, 2.45) is 11.8 Å². The molecule has 0 aliphatic heterocycles. The number of carbonyl (C=O) groups is 1. The molecule has 0 aromatic heterocycles. The van der Waals surface area contributed by atoms with Crippen LogP contribution in [0.15, 0.2) is 29.8 Å². The molecule has 0 unspecified atom stereocenters. The summed E-state index contributed by atoms with van der Waals surface area (Å²) in [5, 5.41) is 0. The average Bonchev–Trinajstić information content (AvgIpc) is 3.03. The van der Waals surface area contributed by atoms with Gasteiger partial charge in [-0.25, -0.2) is 0 Å². The third-order valence-electron chi connectivity index (χ3n) is 4.86. The van der Waals surface area contributed by atoms with Gasteiger partial charge >= 0.3 is 0 Å². The molecule has 0 saturated heterocycles. The van der Waals surface area contributed by atoms with Crippen molar-refractivity contribution >= 4 is 11.9 Å². The SMILES string of the molecule is Cc1ccccc1/C=C1\CC[C@H](C2CCCC2)C1=O. The summed E-state index contributed by atoms with van der Waals surface area (Å²) in [5.41, 5.74) is 3.52. The van der Waals surface area contributed by atoms with Gasteiger partial charge in [-0.2, -0.15) is 0 Å². The molecule has 2 aliphatic carbocycles. The van der Waals surface area contributed by atoms with Gasteiger partial charge in [0.05, 0.1) is 0 Å². The first-order chi connectivity index (χ1) is 9.25. The Morgan fingerprint density at radius 3 is 2.58 bits per heavy atom. The van der Waals surface area contributed by atoms with E-state index in [1.807, 2.05) is 6.07 Å². The van der Waals surface area contributed by atoms with Crippen molar-refractivity contribution in [1.29, 1.82) is 0 Å². The summed E-state index contributed by atoms with van der Waals surface area (Å²) in [7, 11) is 0. The van der Waals surface area contributed by atoms with Gasteiger partial charge < -0.3 is 0 Å². The van der Waals surface area contributed by atoms with Crippen LogP contribution in [0.25, 0.3) is 6.08 Å². The van der Waals surface area contributed by atoms with Gasteiger partial charge in [-0.15, -0.1) is 0 Å². The van der Waals surface area contributed by atoms with Gasteiger partial charge in [0.2, 0.25) is 0 Å². The lowest BCUT2D eigenvalue weighted by atomic mass is 9.88. The van der Waals surface area contributed by atoms with E-state index in [0.29, 0.717) is 17.6 Å². The molecule has 0 heterocycles. The summed E-state index contributed by atoms with van der Waals surface area (Å²) in [4.78, 5) is 12.5. The number of hydrogen-bond donors (Lipinski definition) is 0. The zero-order valence-corrected chi connectivity index (χ0v) is 11.7. The first-order valence-corrected chi connectivity index (χ1v) is 7.56. The Morgan fingerprint density at radius 1 is 1.11 bits per heavy atom. The average molecular weight is 254 g/mol. The zero-order valence-electron chi connectivity index (χ0n) is 11.7. The summed E-state index contributed by atoms with van der Waals surface area (Å²) in [5.74, 6) is 1.45. The van der Waals surface area contributed by atoms with E-state index >= 15 is 0 Å². The Hall–Kier alpha value is -1.37. The Balaban J connectivity index is 1.80. The van der Waals surface area contributed by atoms with Crippen molar-refractivity contribution in [2.75, 3.05) is 0 Å². The molecule has 0 spiro atoms. The molecule has 0 bridgehead atoms. The fraction of sp³-hybridized carbons (Fsp3) is 0.500. The maximum absolute atomic E-state index is 12.5. The number of aryl methyl sites for hydroxylation is 1. The highest BCUT2D eigenvalue weighted by Crippen LogP contribution is 2.40. The monoisotopic (exact) mass is 254 g/mol. The molecule has 2 aliphatic rings. The highest BCUT2D eigenvalue weighted by atomic mass is 16.1. The molecule has 0 N–H and O–H groups in total. The number of hydrogen-bond acceptors (Lipinski definition) is 1. The van der Waals surface area contributed by atoms with Crippen molar-refractivity contribution in [3.05, 3.63) is 41.0 Å². The van der Waals surface area contributed by atoms with Gasteiger partial charge in [-0.3, -0.25) is 4.79 Å². The summed E-state index contributed by atoms with van der Waals surface area (Å²) in [6.07, 6.45) is 9.39. The van der Waals surface area contributed by atoms with E-state index in [4.69, 9.17) is 0 Å². The molecule has 1 heteroatoms. The molecule has 2 fully saturated rings. The van der Waals surface area contributed by atoms with Crippen LogP contribution in [0.2, 0.25) is 0 Å². The number of ketones is 1. The van der Waals surface area contributed by atoms with E-state index in [-0.39, 0.29) is 0 Å². The van der Waals surface area contributed by atoms with Crippen LogP contribution >= 0.6 is 0 Å². The molecule has 3 rings (SSSR count). The second-order valence-corrected chi connectivity index (χ2v) is 6.08. The molecule has 100 valence electrons. The van der Waals surface area contributed by atoms with E-state index < -0.39 is 0 Å².